The summed E-state index contributed by atoms with van der Waals surface area (Å²) in [6.07, 6.45) is 2.42. The monoisotopic (exact) mass is 345 g/mol. The zero-order valence-electron chi connectivity index (χ0n) is 14.9. The highest BCUT2D eigenvalue weighted by Crippen LogP contribution is 2.09. The lowest BCUT2D eigenvalue weighted by Gasteiger charge is -2.08. The number of amides is 1. The molecule has 3 rings (SSSR count). The van der Waals surface area contributed by atoms with E-state index in [0.717, 1.165) is 12.2 Å². The van der Waals surface area contributed by atoms with Crippen molar-refractivity contribution in [3.8, 4) is 0 Å². The van der Waals surface area contributed by atoms with Gasteiger partial charge in [-0.25, -0.2) is 4.98 Å². The Morgan fingerprint density at radius 2 is 1.69 bits per heavy atom. The average molecular weight is 345 g/mol. The highest BCUT2D eigenvalue weighted by Gasteiger charge is 2.05. The molecule has 1 heterocycles. The van der Waals surface area contributed by atoms with E-state index in [2.05, 4.69) is 58.9 Å². The molecule has 3 aromatic rings. The summed E-state index contributed by atoms with van der Waals surface area (Å²) >= 11 is 0. The van der Waals surface area contributed by atoms with Gasteiger partial charge in [-0.1, -0.05) is 60.2 Å². The summed E-state index contributed by atoms with van der Waals surface area (Å²) in [6, 6.07) is 22.1. The third-order valence-corrected chi connectivity index (χ3v) is 4.16. The van der Waals surface area contributed by atoms with E-state index in [1.165, 1.54) is 16.7 Å². The van der Waals surface area contributed by atoms with Gasteiger partial charge in [0.05, 0.1) is 5.56 Å². The van der Waals surface area contributed by atoms with Gasteiger partial charge in [-0.3, -0.25) is 4.79 Å². The molecule has 0 fully saturated rings. The van der Waals surface area contributed by atoms with Gasteiger partial charge >= 0.3 is 0 Å². The van der Waals surface area contributed by atoms with Crippen LogP contribution < -0.4 is 10.6 Å². The van der Waals surface area contributed by atoms with Crippen LogP contribution >= 0.6 is 0 Å². The topological polar surface area (TPSA) is 54.0 Å². The zero-order valence-corrected chi connectivity index (χ0v) is 14.9. The number of hydrogen-bond acceptors (Lipinski definition) is 3. The Balaban J connectivity index is 1.47. The molecule has 0 spiro atoms. The third-order valence-electron chi connectivity index (χ3n) is 4.16. The van der Waals surface area contributed by atoms with Crippen molar-refractivity contribution < 1.29 is 4.79 Å². The van der Waals surface area contributed by atoms with Crippen molar-refractivity contribution in [3.63, 3.8) is 0 Å². The second kappa shape index (κ2) is 8.81. The van der Waals surface area contributed by atoms with Crippen molar-refractivity contribution in [1.29, 1.82) is 0 Å². The fourth-order valence-corrected chi connectivity index (χ4v) is 2.60. The van der Waals surface area contributed by atoms with E-state index in [-0.39, 0.29) is 5.91 Å². The van der Waals surface area contributed by atoms with Crippen LogP contribution in [0.2, 0.25) is 0 Å². The van der Waals surface area contributed by atoms with E-state index in [0.29, 0.717) is 18.7 Å². The first-order chi connectivity index (χ1) is 12.7. The van der Waals surface area contributed by atoms with E-state index >= 15 is 0 Å². The van der Waals surface area contributed by atoms with Crippen LogP contribution in [-0.2, 0) is 13.0 Å². The quantitative estimate of drug-likeness (QED) is 0.681. The number of carbonyl (C=O) groups is 1. The number of pyridine rings is 1. The summed E-state index contributed by atoms with van der Waals surface area (Å²) in [4.78, 5) is 16.5. The summed E-state index contributed by atoms with van der Waals surface area (Å²) in [5.41, 5.74) is 4.22. The highest BCUT2D eigenvalue weighted by atomic mass is 16.1. The summed E-state index contributed by atoms with van der Waals surface area (Å²) in [5, 5.41) is 6.20. The molecule has 26 heavy (non-hydrogen) atoms. The number of rotatable bonds is 7. The molecular formula is C22H23N3O. The maximum atomic E-state index is 12.2. The fourth-order valence-electron chi connectivity index (χ4n) is 2.60. The minimum Gasteiger partial charge on any atom is -0.366 e. The SMILES string of the molecule is Cc1ccc(CNc2ccc(C(=O)NCCc3ccccc3)cn2)cc1. The molecule has 4 heteroatoms. The Hall–Kier alpha value is -3.14. The van der Waals surface area contributed by atoms with E-state index in [1.807, 2.05) is 24.3 Å². The van der Waals surface area contributed by atoms with E-state index in [1.54, 1.807) is 12.3 Å². The predicted octanol–water partition coefficient (Wildman–Crippen LogP) is 3.97. The summed E-state index contributed by atoms with van der Waals surface area (Å²) < 4.78 is 0. The molecule has 0 aliphatic carbocycles. The Labute approximate surface area is 154 Å². The van der Waals surface area contributed by atoms with Crippen molar-refractivity contribution in [3.05, 3.63) is 95.2 Å². The number of nitrogens with zero attached hydrogens (tertiary/aromatic N) is 1. The summed E-state index contributed by atoms with van der Waals surface area (Å²) in [5.74, 6) is 0.657. The lowest BCUT2D eigenvalue weighted by Crippen LogP contribution is -2.25. The second-order valence-corrected chi connectivity index (χ2v) is 6.26. The van der Waals surface area contributed by atoms with Crippen LogP contribution in [0, 0.1) is 6.92 Å². The number of aromatic nitrogens is 1. The van der Waals surface area contributed by atoms with Crippen molar-refractivity contribution >= 4 is 11.7 Å². The molecule has 2 aromatic carbocycles. The normalized spacial score (nSPS) is 10.3. The van der Waals surface area contributed by atoms with Gasteiger partial charge in [0.2, 0.25) is 0 Å². The van der Waals surface area contributed by atoms with Crippen LogP contribution in [0.25, 0.3) is 0 Å². The average Bonchev–Trinajstić information content (AvgIpc) is 2.69. The fraction of sp³-hybridized carbons (Fsp3) is 0.182. The Kier molecular flexibility index (Phi) is 5.99. The van der Waals surface area contributed by atoms with E-state index in [4.69, 9.17) is 0 Å². The highest BCUT2D eigenvalue weighted by molar-refractivity contribution is 5.94. The van der Waals surface area contributed by atoms with Crippen LogP contribution in [-0.4, -0.2) is 17.4 Å². The number of hydrogen-bond donors (Lipinski definition) is 2. The third kappa shape index (κ3) is 5.18. The van der Waals surface area contributed by atoms with E-state index in [9.17, 15) is 4.79 Å². The molecule has 0 saturated heterocycles. The zero-order chi connectivity index (χ0) is 18.2. The molecule has 1 amide bonds. The molecule has 4 nitrogen and oxygen atoms in total. The van der Waals surface area contributed by atoms with Gasteiger partial charge in [-0.2, -0.15) is 0 Å². The molecule has 0 unspecified atom stereocenters. The maximum absolute atomic E-state index is 12.2. The number of nitrogens with one attached hydrogen (secondary N) is 2. The Morgan fingerprint density at radius 3 is 2.38 bits per heavy atom. The lowest BCUT2D eigenvalue weighted by atomic mass is 10.1. The minimum atomic E-state index is -0.0986. The Bertz CT molecular complexity index is 828. The predicted molar refractivity (Wildman–Crippen MR) is 105 cm³/mol. The summed E-state index contributed by atoms with van der Waals surface area (Å²) in [7, 11) is 0. The smallest absolute Gasteiger partial charge is 0.252 e. The standard InChI is InChI=1S/C22H23N3O/c1-17-7-9-19(10-8-17)15-24-21-12-11-20(16-25-21)22(26)23-14-13-18-5-3-2-4-6-18/h2-12,16H,13-15H2,1H3,(H,23,26)(H,24,25). The van der Waals surface area contributed by atoms with Crippen LogP contribution in [0.4, 0.5) is 5.82 Å². The van der Waals surface area contributed by atoms with Crippen molar-refractivity contribution in [2.45, 2.75) is 19.9 Å². The first-order valence-corrected chi connectivity index (χ1v) is 8.78. The first-order valence-electron chi connectivity index (χ1n) is 8.78. The van der Waals surface area contributed by atoms with Crippen LogP contribution in [0.3, 0.4) is 0 Å². The van der Waals surface area contributed by atoms with Crippen LogP contribution in [0.1, 0.15) is 27.0 Å². The van der Waals surface area contributed by atoms with Gasteiger partial charge in [0.15, 0.2) is 0 Å². The minimum absolute atomic E-state index is 0.0986. The van der Waals surface area contributed by atoms with E-state index < -0.39 is 0 Å². The second-order valence-electron chi connectivity index (χ2n) is 6.26. The molecule has 0 saturated carbocycles. The van der Waals surface area contributed by atoms with Gasteiger partial charge in [-0.05, 0) is 36.6 Å². The number of carbonyl (C=O) groups excluding carboxylic acids is 1. The maximum Gasteiger partial charge on any atom is 0.252 e. The lowest BCUT2D eigenvalue weighted by molar-refractivity contribution is 0.0954. The molecule has 2 N–H and O–H groups in total. The summed E-state index contributed by atoms with van der Waals surface area (Å²) in [6.45, 7) is 3.38. The molecule has 0 radical (unpaired) electrons. The van der Waals surface area contributed by atoms with Gasteiger partial charge < -0.3 is 10.6 Å². The molecule has 0 atom stereocenters. The number of aryl methyl sites for hydroxylation is 1. The van der Waals surface area contributed by atoms with Crippen molar-refractivity contribution in [2.24, 2.45) is 0 Å². The largest absolute Gasteiger partial charge is 0.366 e. The molecular weight excluding hydrogens is 322 g/mol. The number of benzene rings is 2. The number of anilines is 1. The van der Waals surface area contributed by atoms with Crippen molar-refractivity contribution in [2.75, 3.05) is 11.9 Å². The molecule has 0 aliphatic heterocycles. The molecule has 132 valence electrons. The first kappa shape index (κ1) is 17.7. The molecule has 0 bridgehead atoms. The molecule has 0 aliphatic rings. The van der Waals surface area contributed by atoms with Gasteiger partial charge in [0.25, 0.3) is 5.91 Å². The van der Waals surface area contributed by atoms with Crippen LogP contribution in [0.15, 0.2) is 72.9 Å². The van der Waals surface area contributed by atoms with Gasteiger partial charge in [-0.15, -0.1) is 0 Å². The molecule has 1 aromatic heterocycles. The Morgan fingerprint density at radius 1 is 0.923 bits per heavy atom. The van der Waals surface area contributed by atoms with Gasteiger partial charge in [0, 0.05) is 19.3 Å². The van der Waals surface area contributed by atoms with Gasteiger partial charge in [0.1, 0.15) is 5.82 Å². The van der Waals surface area contributed by atoms with Crippen LogP contribution in [0.5, 0.6) is 0 Å². The van der Waals surface area contributed by atoms with Crippen molar-refractivity contribution in [1.82, 2.24) is 10.3 Å².